The van der Waals surface area contributed by atoms with Crippen molar-refractivity contribution in [1.82, 2.24) is 0 Å². The molecule has 0 radical (unpaired) electrons. The number of anilines is 3. The first-order valence-electron chi connectivity index (χ1n) is 15.6. The van der Waals surface area contributed by atoms with Crippen LogP contribution in [0.2, 0.25) is 0 Å². The molecule has 0 saturated heterocycles. The second kappa shape index (κ2) is 11.1. The van der Waals surface area contributed by atoms with Crippen molar-refractivity contribution in [3.8, 4) is 0 Å². The molecule has 0 aliphatic rings. The van der Waals surface area contributed by atoms with Crippen LogP contribution in [-0.4, -0.2) is 0 Å². The summed E-state index contributed by atoms with van der Waals surface area (Å²) in [6.45, 7) is 4.26. The molecule has 214 valence electrons. The first-order valence-corrected chi connectivity index (χ1v) is 15.6. The summed E-state index contributed by atoms with van der Waals surface area (Å²) >= 11 is 0. The average Bonchev–Trinajstić information content (AvgIpc) is 3.09. The number of benzene rings is 8. The summed E-state index contributed by atoms with van der Waals surface area (Å²) in [5.41, 5.74) is 10.8. The molecule has 45 heavy (non-hydrogen) atoms. The minimum atomic E-state index is 1.13. The lowest BCUT2D eigenvalue weighted by atomic mass is 9.87. The van der Waals surface area contributed by atoms with Gasteiger partial charge in [-0.05, 0) is 111 Å². The predicted octanol–water partition coefficient (Wildman–Crippen LogP) is 12.3. The molecule has 0 unspecified atom stereocenters. The van der Waals surface area contributed by atoms with Gasteiger partial charge in [-0.3, -0.25) is 0 Å². The molecule has 0 aliphatic carbocycles. The molecule has 0 saturated carbocycles. The Hall–Kier alpha value is -5.66. The van der Waals surface area contributed by atoms with Gasteiger partial charge in [0.25, 0.3) is 0 Å². The van der Waals surface area contributed by atoms with Crippen LogP contribution in [0.3, 0.4) is 0 Å². The quantitative estimate of drug-likeness (QED) is 0.141. The third-order valence-corrected chi connectivity index (χ3v) is 8.95. The Morgan fingerprint density at radius 3 is 1.56 bits per heavy atom. The van der Waals surface area contributed by atoms with E-state index in [1.54, 1.807) is 0 Å². The molecule has 0 amide bonds. The third-order valence-electron chi connectivity index (χ3n) is 8.95. The molecule has 0 heterocycles. The van der Waals surface area contributed by atoms with Gasteiger partial charge < -0.3 is 4.90 Å². The Morgan fingerprint density at radius 1 is 0.444 bits per heavy atom. The maximum Gasteiger partial charge on any atom is 0.0462 e. The van der Waals surface area contributed by atoms with Gasteiger partial charge >= 0.3 is 0 Å². The number of aryl methyl sites for hydroxylation is 2. The highest BCUT2D eigenvalue weighted by Gasteiger charge is 2.16. The van der Waals surface area contributed by atoms with Crippen LogP contribution in [0, 0.1) is 13.8 Å². The minimum Gasteiger partial charge on any atom is -0.311 e. The number of rotatable bonds is 6. The summed E-state index contributed by atoms with van der Waals surface area (Å²) in [5.74, 6) is 0. The van der Waals surface area contributed by atoms with Gasteiger partial charge in [0.05, 0.1) is 0 Å². The largest absolute Gasteiger partial charge is 0.311 e. The number of hydrogen-bond acceptors (Lipinski definition) is 1. The highest BCUT2D eigenvalue weighted by Crippen LogP contribution is 2.40. The molecule has 0 spiro atoms. The van der Waals surface area contributed by atoms with E-state index < -0.39 is 0 Å². The Labute approximate surface area is 264 Å². The topological polar surface area (TPSA) is 3.24 Å². The van der Waals surface area contributed by atoms with Crippen LogP contribution in [0.1, 0.15) is 27.8 Å². The van der Waals surface area contributed by atoms with Crippen molar-refractivity contribution in [3.05, 3.63) is 186 Å². The standard InChI is InChI=1S/C44H33N/c1-30-11-21-37(22-12-30)45(38-23-13-31(2)14-24-38)39-25-15-32(16-26-39)29-42(33-7-4-3-5-8-33)40-27-19-36-18-17-34-9-6-10-35-20-28-41(40)44(36)43(34)35/h3-29H,1-2H3/b42-29+. The highest BCUT2D eigenvalue weighted by molar-refractivity contribution is 6.25. The van der Waals surface area contributed by atoms with Gasteiger partial charge in [-0.15, -0.1) is 0 Å². The van der Waals surface area contributed by atoms with Crippen molar-refractivity contribution in [1.29, 1.82) is 0 Å². The minimum absolute atomic E-state index is 1.13. The molecule has 0 aromatic heterocycles. The Morgan fingerprint density at radius 2 is 0.956 bits per heavy atom. The molecule has 0 aliphatic heterocycles. The zero-order chi connectivity index (χ0) is 30.3. The first-order chi connectivity index (χ1) is 22.1. The highest BCUT2D eigenvalue weighted by atomic mass is 15.1. The Balaban J connectivity index is 1.27. The summed E-state index contributed by atoms with van der Waals surface area (Å²) < 4.78 is 0. The molecule has 8 rings (SSSR count). The summed E-state index contributed by atoms with van der Waals surface area (Å²) in [5, 5.41) is 7.83. The molecule has 0 fully saturated rings. The van der Waals surface area contributed by atoms with Crippen molar-refractivity contribution in [2.75, 3.05) is 4.90 Å². The van der Waals surface area contributed by atoms with E-state index >= 15 is 0 Å². The van der Waals surface area contributed by atoms with Crippen LogP contribution in [0.4, 0.5) is 17.1 Å². The fraction of sp³-hybridized carbons (Fsp3) is 0.0455. The second-order valence-electron chi connectivity index (χ2n) is 12.0. The zero-order valence-corrected chi connectivity index (χ0v) is 25.5. The summed E-state index contributed by atoms with van der Waals surface area (Å²) in [6, 6.07) is 57.5. The van der Waals surface area contributed by atoms with Crippen molar-refractivity contribution >= 4 is 61.0 Å². The van der Waals surface area contributed by atoms with Gasteiger partial charge in [0.1, 0.15) is 0 Å². The van der Waals surface area contributed by atoms with Gasteiger partial charge in [-0.2, -0.15) is 0 Å². The lowest BCUT2D eigenvalue weighted by Gasteiger charge is -2.26. The molecule has 8 aromatic rings. The van der Waals surface area contributed by atoms with Crippen molar-refractivity contribution in [2.24, 2.45) is 0 Å². The van der Waals surface area contributed by atoms with E-state index in [1.165, 1.54) is 60.1 Å². The van der Waals surface area contributed by atoms with E-state index in [9.17, 15) is 0 Å². The predicted molar refractivity (Wildman–Crippen MR) is 194 cm³/mol. The zero-order valence-electron chi connectivity index (χ0n) is 25.5. The van der Waals surface area contributed by atoms with E-state index in [-0.39, 0.29) is 0 Å². The summed E-state index contributed by atoms with van der Waals surface area (Å²) in [7, 11) is 0. The summed E-state index contributed by atoms with van der Waals surface area (Å²) in [6.07, 6.45) is 2.34. The molecule has 0 bridgehead atoms. The normalized spacial score (nSPS) is 11.9. The fourth-order valence-electron chi connectivity index (χ4n) is 6.63. The van der Waals surface area contributed by atoms with E-state index in [2.05, 4.69) is 183 Å². The Bertz CT molecular complexity index is 2230. The van der Waals surface area contributed by atoms with E-state index in [0.717, 1.165) is 22.6 Å². The number of hydrogen-bond donors (Lipinski definition) is 0. The van der Waals surface area contributed by atoms with Crippen LogP contribution in [0.5, 0.6) is 0 Å². The smallest absolute Gasteiger partial charge is 0.0462 e. The first kappa shape index (κ1) is 26.9. The van der Waals surface area contributed by atoms with Crippen LogP contribution in [0.25, 0.3) is 44.0 Å². The van der Waals surface area contributed by atoms with Crippen LogP contribution < -0.4 is 4.90 Å². The number of nitrogens with zero attached hydrogens (tertiary/aromatic N) is 1. The molecule has 1 heteroatoms. The monoisotopic (exact) mass is 575 g/mol. The van der Waals surface area contributed by atoms with E-state index in [1.807, 2.05) is 0 Å². The van der Waals surface area contributed by atoms with Gasteiger partial charge in [0.2, 0.25) is 0 Å². The van der Waals surface area contributed by atoms with Gasteiger partial charge in [-0.1, -0.05) is 132 Å². The molecular formula is C44H33N. The SMILES string of the molecule is Cc1ccc(N(c2ccc(C)cc2)c2ccc(/C=C(\c3ccccc3)c3ccc4ccc5cccc6ccc3c4c56)cc2)cc1. The second-order valence-corrected chi connectivity index (χ2v) is 12.0. The van der Waals surface area contributed by atoms with Crippen molar-refractivity contribution in [2.45, 2.75) is 13.8 Å². The van der Waals surface area contributed by atoms with Gasteiger partial charge in [-0.25, -0.2) is 0 Å². The Kier molecular flexibility index (Phi) is 6.65. The summed E-state index contributed by atoms with van der Waals surface area (Å²) in [4.78, 5) is 2.32. The molecule has 1 nitrogen and oxygen atoms in total. The third kappa shape index (κ3) is 4.93. The van der Waals surface area contributed by atoms with E-state index in [4.69, 9.17) is 0 Å². The molecule has 8 aromatic carbocycles. The maximum atomic E-state index is 2.34. The van der Waals surface area contributed by atoms with Crippen LogP contribution >= 0.6 is 0 Å². The van der Waals surface area contributed by atoms with Crippen LogP contribution in [-0.2, 0) is 0 Å². The van der Waals surface area contributed by atoms with Gasteiger partial charge in [0.15, 0.2) is 0 Å². The van der Waals surface area contributed by atoms with Crippen LogP contribution in [0.15, 0.2) is 158 Å². The molecule has 0 N–H and O–H groups in total. The van der Waals surface area contributed by atoms with Crippen molar-refractivity contribution < 1.29 is 0 Å². The molecular weight excluding hydrogens is 542 g/mol. The average molecular weight is 576 g/mol. The maximum absolute atomic E-state index is 2.34. The lowest BCUT2D eigenvalue weighted by Crippen LogP contribution is -2.09. The van der Waals surface area contributed by atoms with E-state index in [0.29, 0.717) is 0 Å². The van der Waals surface area contributed by atoms with Gasteiger partial charge in [0, 0.05) is 17.1 Å². The lowest BCUT2D eigenvalue weighted by molar-refractivity contribution is 1.27. The van der Waals surface area contributed by atoms with Crippen molar-refractivity contribution in [3.63, 3.8) is 0 Å². The molecule has 0 atom stereocenters. The fourth-order valence-corrected chi connectivity index (χ4v) is 6.63.